The predicted octanol–water partition coefficient (Wildman–Crippen LogP) is 3.51. The van der Waals surface area contributed by atoms with Crippen molar-refractivity contribution in [2.75, 3.05) is 0 Å². The first-order valence-corrected chi connectivity index (χ1v) is 7.90. The number of pyridine rings is 1. The summed E-state index contributed by atoms with van der Waals surface area (Å²) in [7, 11) is 0. The lowest BCUT2D eigenvalue weighted by molar-refractivity contribution is -0.121. The van der Waals surface area contributed by atoms with Gasteiger partial charge in [0.25, 0.3) is 0 Å². The molecule has 1 amide bonds. The molecule has 0 radical (unpaired) electrons. The molecular formula is C17H17BrN2O2. The Bertz CT molecular complexity index is 627. The lowest BCUT2D eigenvalue weighted by Gasteiger charge is -2.05. The number of carbonyl (C=O) groups is 2. The summed E-state index contributed by atoms with van der Waals surface area (Å²) in [6, 6.07) is 12.8. The summed E-state index contributed by atoms with van der Waals surface area (Å²) in [5, 5.41) is 2.80. The second-order valence-corrected chi connectivity index (χ2v) is 5.80. The maximum absolute atomic E-state index is 12.0. The Labute approximate surface area is 138 Å². The summed E-state index contributed by atoms with van der Waals surface area (Å²) < 4.78 is 0.943. The number of hydrogen-bond acceptors (Lipinski definition) is 3. The molecule has 0 fully saturated rings. The number of aromatic nitrogens is 1. The maximum atomic E-state index is 12.0. The van der Waals surface area contributed by atoms with Crippen molar-refractivity contribution in [3.05, 3.63) is 64.4 Å². The van der Waals surface area contributed by atoms with Crippen molar-refractivity contribution in [1.82, 2.24) is 10.3 Å². The Morgan fingerprint density at radius 2 is 1.82 bits per heavy atom. The van der Waals surface area contributed by atoms with Gasteiger partial charge in [0.2, 0.25) is 5.91 Å². The molecule has 1 aromatic heterocycles. The highest BCUT2D eigenvalue weighted by atomic mass is 79.9. The van der Waals surface area contributed by atoms with E-state index in [0.29, 0.717) is 31.4 Å². The van der Waals surface area contributed by atoms with E-state index in [9.17, 15) is 9.59 Å². The molecule has 1 N–H and O–H groups in total. The van der Waals surface area contributed by atoms with Gasteiger partial charge >= 0.3 is 0 Å². The lowest BCUT2D eigenvalue weighted by atomic mass is 10.1. The molecule has 0 aliphatic rings. The highest BCUT2D eigenvalue weighted by Crippen LogP contribution is 2.13. The SMILES string of the molecule is O=C(CCCC(=O)c1ccc(Br)cc1)NCc1ccccn1. The number of rotatable bonds is 7. The predicted molar refractivity (Wildman–Crippen MR) is 88.4 cm³/mol. The van der Waals surface area contributed by atoms with Gasteiger partial charge in [-0.3, -0.25) is 14.6 Å². The summed E-state index contributed by atoms with van der Waals surface area (Å²) >= 11 is 3.33. The van der Waals surface area contributed by atoms with Gasteiger partial charge in [0.1, 0.15) is 0 Å². The zero-order chi connectivity index (χ0) is 15.8. The molecule has 114 valence electrons. The van der Waals surface area contributed by atoms with E-state index >= 15 is 0 Å². The van der Waals surface area contributed by atoms with Crippen molar-refractivity contribution < 1.29 is 9.59 Å². The van der Waals surface area contributed by atoms with E-state index in [2.05, 4.69) is 26.2 Å². The van der Waals surface area contributed by atoms with Gasteiger partial charge in [-0.05, 0) is 30.7 Å². The molecular weight excluding hydrogens is 344 g/mol. The summed E-state index contributed by atoms with van der Waals surface area (Å²) in [6.45, 7) is 0.417. The molecule has 0 aliphatic heterocycles. The van der Waals surface area contributed by atoms with Gasteiger partial charge < -0.3 is 5.32 Å². The van der Waals surface area contributed by atoms with Crippen molar-refractivity contribution in [2.45, 2.75) is 25.8 Å². The quantitative estimate of drug-likeness (QED) is 0.768. The van der Waals surface area contributed by atoms with Crippen LogP contribution in [0.1, 0.15) is 35.3 Å². The monoisotopic (exact) mass is 360 g/mol. The number of carbonyl (C=O) groups excluding carboxylic acids is 2. The van der Waals surface area contributed by atoms with E-state index in [0.717, 1.165) is 10.2 Å². The van der Waals surface area contributed by atoms with E-state index in [-0.39, 0.29) is 11.7 Å². The highest BCUT2D eigenvalue weighted by Gasteiger charge is 2.07. The van der Waals surface area contributed by atoms with Crippen LogP contribution in [0.2, 0.25) is 0 Å². The van der Waals surface area contributed by atoms with Crippen molar-refractivity contribution >= 4 is 27.6 Å². The van der Waals surface area contributed by atoms with Crippen LogP contribution >= 0.6 is 15.9 Å². The Morgan fingerprint density at radius 3 is 2.50 bits per heavy atom. The zero-order valence-electron chi connectivity index (χ0n) is 12.1. The maximum Gasteiger partial charge on any atom is 0.220 e. The van der Waals surface area contributed by atoms with Crippen molar-refractivity contribution in [3.8, 4) is 0 Å². The van der Waals surface area contributed by atoms with E-state index in [1.807, 2.05) is 30.3 Å². The molecule has 0 aliphatic carbocycles. The van der Waals surface area contributed by atoms with Crippen LogP contribution in [-0.4, -0.2) is 16.7 Å². The number of nitrogens with one attached hydrogen (secondary N) is 1. The molecule has 0 saturated carbocycles. The second-order valence-electron chi connectivity index (χ2n) is 4.88. The number of benzene rings is 1. The van der Waals surface area contributed by atoms with Crippen LogP contribution in [-0.2, 0) is 11.3 Å². The minimum Gasteiger partial charge on any atom is -0.350 e. The van der Waals surface area contributed by atoms with Crippen molar-refractivity contribution in [1.29, 1.82) is 0 Å². The number of amides is 1. The Morgan fingerprint density at radius 1 is 1.05 bits per heavy atom. The van der Waals surface area contributed by atoms with Crippen LogP contribution in [0.25, 0.3) is 0 Å². The summed E-state index contributed by atoms with van der Waals surface area (Å²) in [6.07, 6.45) is 2.95. The Kier molecular flexibility index (Phi) is 6.27. The van der Waals surface area contributed by atoms with E-state index in [4.69, 9.17) is 0 Å². The number of halogens is 1. The van der Waals surface area contributed by atoms with Gasteiger partial charge in [0.15, 0.2) is 5.78 Å². The first-order valence-electron chi connectivity index (χ1n) is 7.10. The second kappa shape index (κ2) is 8.44. The first-order chi connectivity index (χ1) is 10.6. The molecule has 0 atom stereocenters. The van der Waals surface area contributed by atoms with E-state index < -0.39 is 0 Å². The third-order valence-corrected chi connectivity index (χ3v) is 3.70. The third-order valence-electron chi connectivity index (χ3n) is 3.17. The van der Waals surface area contributed by atoms with Gasteiger partial charge in [-0.1, -0.05) is 34.1 Å². The summed E-state index contributed by atoms with van der Waals surface area (Å²) in [5.74, 6) is -0.000662. The molecule has 1 aromatic carbocycles. The van der Waals surface area contributed by atoms with Gasteiger partial charge in [0, 0.05) is 29.1 Å². The fourth-order valence-electron chi connectivity index (χ4n) is 1.97. The smallest absolute Gasteiger partial charge is 0.220 e. The summed E-state index contributed by atoms with van der Waals surface area (Å²) in [4.78, 5) is 27.8. The van der Waals surface area contributed by atoms with Crippen LogP contribution in [0.5, 0.6) is 0 Å². The molecule has 2 aromatic rings. The molecule has 0 spiro atoms. The number of hydrogen-bond donors (Lipinski definition) is 1. The Balaban J connectivity index is 1.68. The molecule has 1 heterocycles. The van der Waals surface area contributed by atoms with Crippen LogP contribution < -0.4 is 5.32 Å². The van der Waals surface area contributed by atoms with Gasteiger partial charge in [-0.2, -0.15) is 0 Å². The van der Waals surface area contributed by atoms with Gasteiger partial charge in [-0.25, -0.2) is 0 Å². The minimum atomic E-state index is -0.0609. The van der Waals surface area contributed by atoms with Crippen molar-refractivity contribution in [2.24, 2.45) is 0 Å². The normalized spacial score (nSPS) is 10.2. The van der Waals surface area contributed by atoms with Crippen LogP contribution in [0.3, 0.4) is 0 Å². The molecule has 22 heavy (non-hydrogen) atoms. The van der Waals surface area contributed by atoms with Crippen LogP contribution in [0, 0.1) is 0 Å². The van der Waals surface area contributed by atoms with E-state index in [1.165, 1.54) is 0 Å². The molecule has 2 rings (SSSR count). The Hall–Kier alpha value is -2.01. The molecule has 0 unspecified atom stereocenters. The van der Waals surface area contributed by atoms with Gasteiger partial charge in [0.05, 0.1) is 12.2 Å². The third kappa shape index (κ3) is 5.41. The summed E-state index contributed by atoms with van der Waals surface area (Å²) in [5.41, 5.74) is 1.50. The molecule has 0 saturated heterocycles. The average molecular weight is 361 g/mol. The largest absolute Gasteiger partial charge is 0.350 e. The fraction of sp³-hybridized carbons (Fsp3) is 0.235. The number of ketones is 1. The van der Waals surface area contributed by atoms with E-state index in [1.54, 1.807) is 18.3 Å². The highest BCUT2D eigenvalue weighted by molar-refractivity contribution is 9.10. The topological polar surface area (TPSA) is 59.1 Å². The average Bonchev–Trinajstić information content (AvgIpc) is 2.54. The van der Waals surface area contributed by atoms with Crippen LogP contribution in [0.4, 0.5) is 0 Å². The van der Waals surface area contributed by atoms with Crippen LogP contribution in [0.15, 0.2) is 53.1 Å². The number of Topliss-reactive ketones (excluding diaryl/α,β-unsaturated/α-hetero) is 1. The lowest BCUT2D eigenvalue weighted by Crippen LogP contribution is -2.23. The minimum absolute atomic E-state index is 0.0602. The molecule has 0 bridgehead atoms. The fourth-order valence-corrected chi connectivity index (χ4v) is 2.23. The number of nitrogens with zero attached hydrogens (tertiary/aromatic N) is 1. The first kappa shape index (κ1) is 16.4. The zero-order valence-corrected chi connectivity index (χ0v) is 13.7. The van der Waals surface area contributed by atoms with Gasteiger partial charge in [-0.15, -0.1) is 0 Å². The van der Waals surface area contributed by atoms with Crippen molar-refractivity contribution in [3.63, 3.8) is 0 Å². The molecule has 4 nitrogen and oxygen atoms in total. The standard InChI is InChI=1S/C17H17BrN2O2/c18-14-9-7-13(8-10-14)16(21)5-3-6-17(22)20-12-15-4-1-2-11-19-15/h1-2,4,7-11H,3,5-6,12H2,(H,20,22). The molecule has 5 heteroatoms.